The largest absolute Gasteiger partial charge is 0.463 e. The van der Waals surface area contributed by atoms with E-state index in [-0.39, 0.29) is 36.3 Å². The van der Waals surface area contributed by atoms with Crippen LogP contribution in [0.1, 0.15) is 44.6 Å². The number of carbonyl (C=O) groups is 1. The Morgan fingerprint density at radius 3 is 2.52 bits per heavy atom. The molecule has 2 bridgehead atoms. The Kier molecular flexibility index (Phi) is 5.99. The van der Waals surface area contributed by atoms with Crippen LogP contribution in [0.4, 0.5) is 0 Å². The molecule has 3 rings (SSSR count). The standard InChI is InChI=1S/C18H24ClNO2.ClH/c1-11(2)22-18(21)17-15(12-4-6-13(19)7-5-12)10-14-8-9-16(17)20(14)3;/h4-7,11,14-17H,8-10H2,1-3H3;1H. The highest BCUT2D eigenvalue weighted by atomic mass is 35.5. The molecule has 0 aliphatic carbocycles. The number of piperidine rings is 1. The summed E-state index contributed by atoms with van der Waals surface area (Å²) in [6, 6.07) is 8.84. The third-order valence-corrected chi connectivity index (χ3v) is 5.44. The van der Waals surface area contributed by atoms with Crippen LogP contribution in [0.5, 0.6) is 0 Å². The minimum atomic E-state index is -0.0766. The van der Waals surface area contributed by atoms with Gasteiger partial charge in [0.15, 0.2) is 0 Å². The van der Waals surface area contributed by atoms with Crippen LogP contribution in [0.3, 0.4) is 0 Å². The first-order valence-corrected chi connectivity index (χ1v) is 8.53. The van der Waals surface area contributed by atoms with Gasteiger partial charge in [0.1, 0.15) is 0 Å². The Bertz CT molecular complexity index is 546. The van der Waals surface area contributed by atoms with Crippen molar-refractivity contribution in [3.63, 3.8) is 0 Å². The van der Waals surface area contributed by atoms with Gasteiger partial charge < -0.3 is 4.74 Å². The van der Waals surface area contributed by atoms with Crippen molar-refractivity contribution in [2.45, 2.75) is 57.2 Å². The van der Waals surface area contributed by atoms with Gasteiger partial charge in [-0.2, -0.15) is 0 Å². The molecule has 23 heavy (non-hydrogen) atoms. The number of halogens is 2. The zero-order chi connectivity index (χ0) is 15.9. The molecule has 1 aromatic carbocycles. The highest BCUT2D eigenvalue weighted by molar-refractivity contribution is 6.30. The van der Waals surface area contributed by atoms with Gasteiger partial charge in [-0.1, -0.05) is 23.7 Å². The molecule has 0 N–H and O–H groups in total. The normalized spacial score (nSPS) is 30.1. The van der Waals surface area contributed by atoms with E-state index in [1.54, 1.807) is 0 Å². The number of fused-ring (bicyclic) bond motifs is 2. The predicted molar refractivity (Wildman–Crippen MR) is 95.3 cm³/mol. The fourth-order valence-electron chi connectivity index (χ4n) is 4.15. The lowest BCUT2D eigenvalue weighted by Gasteiger charge is -2.42. The maximum Gasteiger partial charge on any atom is 0.311 e. The van der Waals surface area contributed by atoms with Crippen LogP contribution in [0, 0.1) is 5.92 Å². The predicted octanol–water partition coefficient (Wildman–Crippen LogP) is 4.28. The Morgan fingerprint density at radius 2 is 1.91 bits per heavy atom. The number of benzene rings is 1. The molecule has 2 aliphatic heterocycles. The Labute approximate surface area is 149 Å². The first kappa shape index (κ1) is 18.6. The molecule has 0 radical (unpaired) electrons. The second-order valence-electron chi connectivity index (χ2n) is 6.87. The van der Waals surface area contributed by atoms with E-state index >= 15 is 0 Å². The van der Waals surface area contributed by atoms with Crippen LogP contribution < -0.4 is 0 Å². The van der Waals surface area contributed by atoms with E-state index in [9.17, 15) is 4.79 Å². The first-order valence-electron chi connectivity index (χ1n) is 8.15. The van der Waals surface area contributed by atoms with E-state index in [1.165, 1.54) is 12.0 Å². The van der Waals surface area contributed by atoms with E-state index < -0.39 is 0 Å². The van der Waals surface area contributed by atoms with Crippen molar-refractivity contribution in [1.82, 2.24) is 4.90 Å². The van der Waals surface area contributed by atoms with Crippen LogP contribution in [0.25, 0.3) is 0 Å². The maximum absolute atomic E-state index is 12.7. The van der Waals surface area contributed by atoms with Crippen molar-refractivity contribution in [2.75, 3.05) is 7.05 Å². The minimum absolute atomic E-state index is 0. The molecule has 0 aromatic heterocycles. The van der Waals surface area contributed by atoms with Crippen molar-refractivity contribution in [3.05, 3.63) is 34.9 Å². The summed E-state index contributed by atoms with van der Waals surface area (Å²) in [5.74, 6) is 0.108. The van der Waals surface area contributed by atoms with E-state index in [0.29, 0.717) is 12.1 Å². The lowest BCUT2D eigenvalue weighted by Crippen LogP contribution is -2.49. The van der Waals surface area contributed by atoms with Gasteiger partial charge in [-0.25, -0.2) is 0 Å². The maximum atomic E-state index is 12.7. The molecule has 0 saturated carbocycles. The van der Waals surface area contributed by atoms with Crippen LogP contribution >= 0.6 is 24.0 Å². The van der Waals surface area contributed by atoms with Gasteiger partial charge in [-0.3, -0.25) is 9.69 Å². The van der Waals surface area contributed by atoms with E-state index in [2.05, 4.69) is 24.1 Å². The summed E-state index contributed by atoms with van der Waals surface area (Å²) in [6.45, 7) is 3.83. The smallest absolute Gasteiger partial charge is 0.311 e. The molecule has 128 valence electrons. The number of hydrogen-bond donors (Lipinski definition) is 0. The second-order valence-corrected chi connectivity index (χ2v) is 7.31. The third-order valence-electron chi connectivity index (χ3n) is 5.19. The summed E-state index contributed by atoms with van der Waals surface area (Å²) >= 11 is 6.01. The SMILES string of the molecule is CC(C)OC(=O)C1C(c2ccc(Cl)cc2)CC2CCC1N2C.Cl. The zero-order valence-corrected chi connectivity index (χ0v) is 15.4. The first-order chi connectivity index (χ1) is 10.5. The van der Waals surface area contributed by atoms with E-state index in [1.807, 2.05) is 26.0 Å². The highest BCUT2D eigenvalue weighted by Crippen LogP contribution is 2.46. The van der Waals surface area contributed by atoms with Gasteiger partial charge in [0.05, 0.1) is 12.0 Å². The average molecular weight is 358 g/mol. The molecule has 2 aliphatic rings. The van der Waals surface area contributed by atoms with Gasteiger partial charge in [0.2, 0.25) is 0 Å². The number of hydrogen-bond acceptors (Lipinski definition) is 3. The summed E-state index contributed by atoms with van der Waals surface area (Å²) in [6.07, 6.45) is 3.22. The fourth-order valence-corrected chi connectivity index (χ4v) is 4.28. The van der Waals surface area contributed by atoms with Crippen LogP contribution in [-0.4, -0.2) is 36.1 Å². The van der Waals surface area contributed by atoms with Crippen molar-refractivity contribution < 1.29 is 9.53 Å². The van der Waals surface area contributed by atoms with Crippen molar-refractivity contribution in [1.29, 1.82) is 0 Å². The second kappa shape index (κ2) is 7.42. The Balaban J connectivity index is 0.00000192. The summed E-state index contributed by atoms with van der Waals surface area (Å²) < 4.78 is 5.57. The molecule has 2 fully saturated rings. The monoisotopic (exact) mass is 357 g/mol. The number of nitrogens with zero attached hydrogens (tertiary/aromatic N) is 1. The lowest BCUT2D eigenvalue weighted by atomic mass is 9.76. The van der Waals surface area contributed by atoms with Crippen molar-refractivity contribution in [3.8, 4) is 0 Å². The summed E-state index contributed by atoms with van der Waals surface area (Å²) in [7, 11) is 2.15. The molecular weight excluding hydrogens is 333 g/mol. The molecule has 5 heteroatoms. The molecule has 4 atom stereocenters. The molecule has 0 amide bonds. The topological polar surface area (TPSA) is 29.5 Å². The molecule has 2 saturated heterocycles. The van der Waals surface area contributed by atoms with Gasteiger partial charge in [0, 0.05) is 23.0 Å². The van der Waals surface area contributed by atoms with Gasteiger partial charge >= 0.3 is 5.97 Å². The molecule has 1 aromatic rings. The molecule has 2 heterocycles. The molecule has 4 unspecified atom stereocenters. The Morgan fingerprint density at radius 1 is 1.26 bits per heavy atom. The number of esters is 1. The molecule has 3 nitrogen and oxygen atoms in total. The Hall–Kier alpha value is -0.770. The fraction of sp³-hybridized carbons (Fsp3) is 0.611. The van der Waals surface area contributed by atoms with Gasteiger partial charge in [-0.15, -0.1) is 12.4 Å². The number of ether oxygens (including phenoxy) is 1. The van der Waals surface area contributed by atoms with Gasteiger partial charge in [0.25, 0.3) is 0 Å². The molecule has 0 spiro atoms. The van der Waals surface area contributed by atoms with Crippen molar-refractivity contribution >= 4 is 30.0 Å². The van der Waals surface area contributed by atoms with E-state index in [0.717, 1.165) is 17.9 Å². The van der Waals surface area contributed by atoms with Crippen molar-refractivity contribution in [2.24, 2.45) is 5.92 Å². The zero-order valence-electron chi connectivity index (χ0n) is 13.9. The van der Waals surface area contributed by atoms with Crippen LogP contribution in [-0.2, 0) is 9.53 Å². The lowest BCUT2D eigenvalue weighted by molar-refractivity contribution is -0.157. The molecular formula is C18H25Cl2NO2. The quantitative estimate of drug-likeness (QED) is 0.756. The number of rotatable bonds is 3. The van der Waals surface area contributed by atoms with Gasteiger partial charge in [-0.05, 0) is 57.9 Å². The minimum Gasteiger partial charge on any atom is -0.463 e. The van der Waals surface area contributed by atoms with Crippen LogP contribution in [0.15, 0.2) is 24.3 Å². The average Bonchev–Trinajstić information content (AvgIpc) is 2.71. The third kappa shape index (κ3) is 3.67. The summed E-state index contributed by atoms with van der Waals surface area (Å²) in [4.78, 5) is 15.1. The highest BCUT2D eigenvalue weighted by Gasteiger charge is 2.49. The number of carbonyl (C=O) groups excluding carboxylic acids is 1. The van der Waals surface area contributed by atoms with Crippen LogP contribution in [0.2, 0.25) is 5.02 Å². The van der Waals surface area contributed by atoms with E-state index in [4.69, 9.17) is 16.3 Å². The summed E-state index contributed by atoms with van der Waals surface area (Å²) in [5, 5.41) is 0.737. The summed E-state index contributed by atoms with van der Waals surface area (Å²) in [5.41, 5.74) is 1.21.